The molecule has 0 aliphatic heterocycles. The molecule has 0 aliphatic carbocycles. The smallest absolute Gasteiger partial charge is 0.184 e. The summed E-state index contributed by atoms with van der Waals surface area (Å²) in [5.41, 5.74) is 4.81. The molecule has 2 heterocycles. The third-order valence-electron chi connectivity index (χ3n) is 3.17. The van der Waals surface area contributed by atoms with Gasteiger partial charge in [-0.05, 0) is 25.5 Å². The van der Waals surface area contributed by atoms with Crippen LogP contribution in [0.3, 0.4) is 0 Å². The first-order valence-corrected chi connectivity index (χ1v) is 5.84. The molecule has 0 amide bonds. The molecule has 0 bridgehead atoms. The zero-order chi connectivity index (χ0) is 12.7. The predicted molar refractivity (Wildman–Crippen MR) is 72.6 cm³/mol. The van der Waals surface area contributed by atoms with Crippen LogP contribution in [0.25, 0.3) is 22.3 Å². The number of nitrogens with two attached hydrogens (primary N) is 1. The zero-order valence-corrected chi connectivity index (χ0v) is 10.4. The molecular weight excluding hydrogens is 224 g/mol. The fraction of sp³-hybridized carbons (Fsp3) is 0.143. The topological polar surface area (TPSA) is 56.7 Å². The SMILES string of the molecule is Cc1cc(-c2ccccc2)nc2nn(N)c(C)c12. The maximum atomic E-state index is 5.78. The third kappa shape index (κ3) is 1.54. The second kappa shape index (κ2) is 3.84. The van der Waals surface area contributed by atoms with Crippen molar-refractivity contribution in [2.24, 2.45) is 0 Å². The molecule has 0 fully saturated rings. The highest BCUT2D eigenvalue weighted by Crippen LogP contribution is 2.25. The van der Waals surface area contributed by atoms with E-state index in [4.69, 9.17) is 5.84 Å². The van der Waals surface area contributed by atoms with Gasteiger partial charge in [0.05, 0.1) is 11.4 Å². The van der Waals surface area contributed by atoms with Gasteiger partial charge in [-0.25, -0.2) is 4.98 Å². The summed E-state index contributed by atoms with van der Waals surface area (Å²) in [7, 11) is 0. The average Bonchev–Trinajstić information content (AvgIpc) is 2.66. The van der Waals surface area contributed by atoms with Crippen LogP contribution in [0.4, 0.5) is 0 Å². The van der Waals surface area contributed by atoms with Crippen molar-refractivity contribution in [3.05, 3.63) is 47.7 Å². The standard InChI is InChI=1S/C14H14N4/c1-9-8-12(11-6-4-3-5-7-11)16-14-13(9)10(2)18(15)17-14/h3-8H,15H2,1-2H3. The van der Waals surface area contributed by atoms with E-state index in [9.17, 15) is 0 Å². The Hall–Kier alpha value is -2.36. The van der Waals surface area contributed by atoms with Crippen molar-refractivity contribution in [2.75, 3.05) is 5.84 Å². The molecule has 0 atom stereocenters. The van der Waals surface area contributed by atoms with Gasteiger partial charge in [-0.3, -0.25) is 0 Å². The molecule has 0 aliphatic rings. The molecule has 0 spiro atoms. The molecule has 0 saturated carbocycles. The lowest BCUT2D eigenvalue weighted by atomic mass is 10.1. The molecule has 90 valence electrons. The fourth-order valence-electron chi connectivity index (χ4n) is 2.22. The van der Waals surface area contributed by atoms with Crippen molar-refractivity contribution in [2.45, 2.75) is 13.8 Å². The molecular formula is C14H14N4. The van der Waals surface area contributed by atoms with E-state index in [1.165, 1.54) is 4.79 Å². The Morgan fingerprint density at radius 3 is 2.56 bits per heavy atom. The molecule has 18 heavy (non-hydrogen) atoms. The Morgan fingerprint density at radius 1 is 1.11 bits per heavy atom. The number of fused-ring (bicyclic) bond motifs is 1. The molecule has 0 radical (unpaired) electrons. The highest BCUT2D eigenvalue weighted by atomic mass is 15.5. The largest absolute Gasteiger partial charge is 0.323 e. The first-order valence-electron chi connectivity index (χ1n) is 5.84. The van der Waals surface area contributed by atoms with Crippen LogP contribution in [0.15, 0.2) is 36.4 Å². The molecule has 3 aromatic rings. The van der Waals surface area contributed by atoms with Crippen molar-refractivity contribution in [3.63, 3.8) is 0 Å². The van der Waals surface area contributed by atoms with E-state index < -0.39 is 0 Å². The van der Waals surface area contributed by atoms with Crippen molar-refractivity contribution < 1.29 is 0 Å². The normalized spacial score (nSPS) is 11.0. The van der Waals surface area contributed by atoms with Gasteiger partial charge in [-0.2, -0.15) is 4.79 Å². The van der Waals surface area contributed by atoms with Crippen molar-refractivity contribution in [1.82, 2.24) is 14.9 Å². The van der Waals surface area contributed by atoms with Crippen molar-refractivity contribution in [1.29, 1.82) is 0 Å². The van der Waals surface area contributed by atoms with Gasteiger partial charge in [0.2, 0.25) is 0 Å². The van der Waals surface area contributed by atoms with Crippen molar-refractivity contribution >= 4 is 11.0 Å². The van der Waals surface area contributed by atoms with Gasteiger partial charge in [-0.15, -0.1) is 5.10 Å². The third-order valence-corrected chi connectivity index (χ3v) is 3.17. The highest BCUT2D eigenvalue weighted by Gasteiger charge is 2.11. The maximum Gasteiger partial charge on any atom is 0.184 e. The molecule has 1 aromatic carbocycles. The summed E-state index contributed by atoms with van der Waals surface area (Å²) in [6, 6.07) is 12.2. The lowest BCUT2D eigenvalue weighted by Gasteiger charge is -2.03. The highest BCUT2D eigenvalue weighted by molar-refractivity contribution is 5.84. The van der Waals surface area contributed by atoms with Crippen LogP contribution in [-0.2, 0) is 0 Å². The summed E-state index contributed by atoms with van der Waals surface area (Å²) < 4.78 is 0. The van der Waals surface area contributed by atoms with Crippen LogP contribution >= 0.6 is 0 Å². The number of nitrogen functional groups attached to an aromatic ring is 1. The number of benzene rings is 1. The van der Waals surface area contributed by atoms with Crippen LogP contribution in [0.2, 0.25) is 0 Å². The Balaban J connectivity index is 2.28. The molecule has 3 rings (SSSR count). The summed E-state index contributed by atoms with van der Waals surface area (Å²) in [6.45, 7) is 4.01. The van der Waals surface area contributed by atoms with Crippen LogP contribution < -0.4 is 5.84 Å². The van der Waals surface area contributed by atoms with Gasteiger partial charge >= 0.3 is 0 Å². The summed E-state index contributed by atoms with van der Waals surface area (Å²) in [5.74, 6) is 5.78. The van der Waals surface area contributed by atoms with E-state index in [1.807, 2.05) is 37.3 Å². The predicted octanol–water partition coefficient (Wildman–Crippen LogP) is 2.43. The Morgan fingerprint density at radius 2 is 1.83 bits per heavy atom. The van der Waals surface area contributed by atoms with Crippen LogP contribution in [0.1, 0.15) is 11.3 Å². The summed E-state index contributed by atoms with van der Waals surface area (Å²) in [4.78, 5) is 5.96. The van der Waals surface area contributed by atoms with Gasteiger partial charge < -0.3 is 5.84 Å². The minimum atomic E-state index is 0.703. The summed E-state index contributed by atoms with van der Waals surface area (Å²) in [5, 5.41) is 5.28. The van der Waals surface area contributed by atoms with Gasteiger partial charge in [0.1, 0.15) is 0 Å². The first-order chi connectivity index (χ1) is 8.66. The Kier molecular flexibility index (Phi) is 2.30. The first kappa shape index (κ1) is 10.8. The van der Waals surface area contributed by atoms with Gasteiger partial charge in [-0.1, -0.05) is 30.3 Å². The quantitative estimate of drug-likeness (QED) is 0.662. The molecule has 4 heteroatoms. The van der Waals surface area contributed by atoms with Crippen molar-refractivity contribution in [3.8, 4) is 11.3 Å². The fourth-order valence-corrected chi connectivity index (χ4v) is 2.22. The molecule has 2 aromatic heterocycles. The van der Waals surface area contributed by atoms with E-state index >= 15 is 0 Å². The number of rotatable bonds is 1. The van der Waals surface area contributed by atoms with Gasteiger partial charge in [0, 0.05) is 10.9 Å². The van der Waals surface area contributed by atoms with Crippen LogP contribution in [0, 0.1) is 13.8 Å². The van der Waals surface area contributed by atoms with E-state index in [1.54, 1.807) is 0 Å². The molecule has 2 N–H and O–H groups in total. The number of hydrogen-bond donors (Lipinski definition) is 1. The average molecular weight is 238 g/mol. The van der Waals surface area contributed by atoms with E-state index in [0.29, 0.717) is 5.65 Å². The number of pyridine rings is 1. The summed E-state index contributed by atoms with van der Waals surface area (Å²) in [6.07, 6.45) is 0. The number of aromatic nitrogens is 3. The second-order valence-corrected chi connectivity index (χ2v) is 4.42. The maximum absolute atomic E-state index is 5.78. The van der Waals surface area contributed by atoms with Gasteiger partial charge in [0.25, 0.3) is 0 Å². The molecule has 0 unspecified atom stereocenters. The zero-order valence-electron chi connectivity index (χ0n) is 10.4. The minimum Gasteiger partial charge on any atom is -0.323 e. The molecule has 0 saturated heterocycles. The summed E-state index contributed by atoms with van der Waals surface area (Å²) >= 11 is 0. The van der Waals surface area contributed by atoms with E-state index in [-0.39, 0.29) is 0 Å². The molecule has 4 nitrogen and oxygen atoms in total. The number of aryl methyl sites for hydroxylation is 2. The monoisotopic (exact) mass is 238 g/mol. The van der Waals surface area contributed by atoms with E-state index in [2.05, 4.69) is 23.1 Å². The second-order valence-electron chi connectivity index (χ2n) is 4.42. The van der Waals surface area contributed by atoms with E-state index in [0.717, 1.165) is 27.9 Å². The Bertz CT molecular complexity index is 713. The lowest BCUT2D eigenvalue weighted by molar-refractivity contribution is 0.809. The van der Waals surface area contributed by atoms with Crippen LogP contribution in [-0.4, -0.2) is 14.9 Å². The van der Waals surface area contributed by atoms with Gasteiger partial charge in [0.15, 0.2) is 5.65 Å². The number of nitrogens with zero attached hydrogens (tertiary/aromatic N) is 3. The van der Waals surface area contributed by atoms with Crippen LogP contribution in [0.5, 0.6) is 0 Å². The number of hydrogen-bond acceptors (Lipinski definition) is 3. The Labute approximate surface area is 105 Å². The minimum absolute atomic E-state index is 0.703. The lowest BCUT2D eigenvalue weighted by Crippen LogP contribution is -2.11.